The summed E-state index contributed by atoms with van der Waals surface area (Å²) in [7, 11) is 0. The van der Waals surface area contributed by atoms with Crippen LogP contribution in [0.1, 0.15) is 26.3 Å². The minimum absolute atomic E-state index is 0. The van der Waals surface area contributed by atoms with E-state index in [1.54, 1.807) is 20.8 Å². The number of halogens is 2. The van der Waals surface area contributed by atoms with Crippen LogP contribution in [0.3, 0.4) is 0 Å². The van der Waals surface area contributed by atoms with Crippen LogP contribution in [0, 0.1) is 0 Å². The number of benzene rings is 2. The third kappa shape index (κ3) is 4.26. The van der Waals surface area contributed by atoms with Gasteiger partial charge in [-0.25, -0.2) is 0 Å². The summed E-state index contributed by atoms with van der Waals surface area (Å²) in [6.07, 6.45) is 0. The van der Waals surface area contributed by atoms with Gasteiger partial charge in [-0.15, -0.1) is 0 Å². The van der Waals surface area contributed by atoms with Crippen molar-refractivity contribution >= 4 is 0 Å². The van der Waals surface area contributed by atoms with Gasteiger partial charge >= 0.3 is 121 Å². The second kappa shape index (κ2) is 8.09. The molecular weight excluding hydrogens is 327 g/mol. The summed E-state index contributed by atoms with van der Waals surface area (Å²) in [5.41, 5.74) is 3.82. The summed E-state index contributed by atoms with van der Waals surface area (Å²) in [5.74, 6) is 0.939. The van der Waals surface area contributed by atoms with Crippen LogP contribution in [0.25, 0.3) is 11.1 Å². The van der Waals surface area contributed by atoms with Gasteiger partial charge in [-0.05, 0) is 0 Å². The molecule has 0 aliphatic carbocycles. The maximum atomic E-state index is 5.54. The molecular formula is C16H17Cl2OTi. The molecule has 20 heavy (non-hydrogen) atoms. The van der Waals surface area contributed by atoms with Crippen molar-refractivity contribution in [3.63, 3.8) is 0 Å². The first-order valence-electron chi connectivity index (χ1n) is 6.06. The van der Waals surface area contributed by atoms with Crippen LogP contribution >= 0.6 is 0 Å². The van der Waals surface area contributed by atoms with Gasteiger partial charge in [0, 0.05) is 0 Å². The number of hydrogen-bond donors (Lipinski definition) is 0. The normalized spacial score (nSPS) is 10.2. The summed E-state index contributed by atoms with van der Waals surface area (Å²) >= 11 is 1.73. The van der Waals surface area contributed by atoms with Crippen molar-refractivity contribution in [3.8, 4) is 16.9 Å². The third-order valence-corrected chi connectivity index (χ3v) is 3.35. The van der Waals surface area contributed by atoms with E-state index in [4.69, 9.17) is 3.32 Å². The quantitative estimate of drug-likeness (QED) is 0.603. The molecule has 2 rings (SSSR count). The predicted octanol–water partition coefficient (Wildman–Crippen LogP) is -1.50. The summed E-state index contributed by atoms with van der Waals surface area (Å²) in [6.45, 7) is 6.69. The van der Waals surface area contributed by atoms with Crippen molar-refractivity contribution in [2.75, 3.05) is 0 Å². The van der Waals surface area contributed by atoms with Crippen molar-refractivity contribution in [2.45, 2.75) is 26.2 Å². The Morgan fingerprint density at radius 1 is 0.850 bits per heavy atom. The van der Waals surface area contributed by atoms with Gasteiger partial charge in [0.25, 0.3) is 0 Å². The van der Waals surface area contributed by atoms with E-state index in [2.05, 4.69) is 57.2 Å². The summed E-state index contributed by atoms with van der Waals surface area (Å²) in [5, 5.41) is 0. The van der Waals surface area contributed by atoms with Gasteiger partial charge in [0.15, 0.2) is 0 Å². The summed E-state index contributed by atoms with van der Waals surface area (Å²) < 4.78 is 5.54. The summed E-state index contributed by atoms with van der Waals surface area (Å²) in [4.78, 5) is 0. The molecule has 0 fully saturated rings. The Kier molecular flexibility index (Phi) is 7.91. The second-order valence-electron chi connectivity index (χ2n) is 5.40. The van der Waals surface area contributed by atoms with Gasteiger partial charge in [-0.3, -0.25) is 0 Å². The molecule has 0 bridgehead atoms. The van der Waals surface area contributed by atoms with Crippen LogP contribution < -0.4 is 28.1 Å². The Morgan fingerprint density at radius 3 is 1.95 bits per heavy atom. The van der Waals surface area contributed by atoms with Crippen LogP contribution in [-0.4, -0.2) is 0 Å². The number of hydrogen-bond acceptors (Lipinski definition) is 1. The molecule has 0 radical (unpaired) electrons. The zero-order chi connectivity index (χ0) is 13.2. The Bertz CT molecular complexity index is 536. The van der Waals surface area contributed by atoms with Crippen molar-refractivity contribution in [1.82, 2.24) is 0 Å². The van der Waals surface area contributed by atoms with Gasteiger partial charge in [-0.2, -0.15) is 0 Å². The fourth-order valence-electron chi connectivity index (χ4n) is 2.14. The molecule has 0 heterocycles. The van der Waals surface area contributed by atoms with E-state index < -0.39 is 0 Å². The molecule has 2 aromatic carbocycles. The maximum absolute atomic E-state index is 5.54. The molecule has 0 saturated carbocycles. The van der Waals surface area contributed by atoms with Crippen LogP contribution in [-0.2, 0) is 26.2 Å². The van der Waals surface area contributed by atoms with Gasteiger partial charge in [0.1, 0.15) is 0 Å². The SMILES string of the molecule is CC(C)(C)c1cccc([O][Ti+2])c1-c1ccccc1.[Cl-].[Cl-]. The molecule has 0 aliphatic heterocycles. The van der Waals surface area contributed by atoms with E-state index in [0.717, 1.165) is 5.75 Å². The van der Waals surface area contributed by atoms with Crippen molar-refractivity contribution in [3.05, 3.63) is 54.1 Å². The molecule has 0 atom stereocenters. The minimum Gasteiger partial charge on any atom is -1.00 e. The van der Waals surface area contributed by atoms with Gasteiger partial charge in [0.2, 0.25) is 0 Å². The molecule has 1 nitrogen and oxygen atoms in total. The molecule has 0 aliphatic rings. The van der Waals surface area contributed by atoms with E-state index in [9.17, 15) is 0 Å². The number of rotatable bonds is 2. The Hall–Kier alpha value is -0.466. The standard InChI is InChI=1S/C16H18O.2ClH.Ti/c1-16(2,3)13-10-7-11-14(17)15(13)12-8-5-4-6-9-12;;;/h4-11,17H,1-3H3;2*1H;/q;;;+3/p-3. The first-order valence-corrected chi connectivity index (χ1v) is 6.70. The topological polar surface area (TPSA) is 9.23 Å². The van der Waals surface area contributed by atoms with E-state index in [-0.39, 0.29) is 30.2 Å². The van der Waals surface area contributed by atoms with Crippen molar-refractivity contribution in [2.24, 2.45) is 0 Å². The minimum atomic E-state index is 0. The van der Waals surface area contributed by atoms with Gasteiger partial charge < -0.3 is 24.8 Å². The average Bonchev–Trinajstić information content (AvgIpc) is 2.38. The zero-order valence-corrected chi connectivity index (χ0v) is 14.9. The molecule has 0 spiro atoms. The zero-order valence-electron chi connectivity index (χ0n) is 11.8. The molecule has 105 valence electrons. The predicted molar refractivity (Wildman–Crippen MR) is 71.2 cm³/mol. The molecule has 0 unspecified atom stereocenters. The molecule has 4 heteroatoms. The van der Waals surface area contributed by atoms with Crippen LogP contribution in [0.15, 0.2) is 48.5 Å². The molecule has 2 aromatic rings. The fraction of sp³-hybridized carbons (Fsp3) is 0.250. The third-order valence-electron chi connectivity index (χ3n) is 3.01. The Labute approximate surface area is 145 Å². The van der Waals surface area contributed by atoms with Crippen LogP contribution in [0.2, 0.25) is 0 Å². The van der Waals surface area contributed by atoms with E-state index >= 15 is 0 Å². The van der Waals surface area contributed by atoms with Crippen LogP contribution in [0.4, 0.5) is 0 Å². The van der Waals surface area contributed by atoms with Crippen molar-refractivity contribution in [1.29, 1.82) is 0 Å². The smallest absolute Gasteiger partial charge is 1.00 e. The molecule has 0 amide bonds. The van der Waals surface area contributed by atoms with E-state index in [0.29, 0.717) is 0 Å². The molecule has 0 saturated heterocycles. The molecule has 0 N–H and O–H groups in total. The fourth-order valence-corrected chi connectivity index (χ4v) is 2.41. The second-order valence-corrected chi connectivity index (χ2v) is 5.72. The maximum Gasteiger partial charge on any atom is -1.00 e. The Morgan fingerprint density at radius 2 is 1.45 bits per heavy atom. The first-order chi connectivity index (χ1) is 8.54. The summed E-state index contributed by atoms with van der Waals surface area (Å²) in [6, 6.07) is 16.7. The van der Waals surface area contributed by atoms with Gasteiger partial charge in [0.05, 0.1) is 0 Å². The first kappa shape index (κ1) is 19.5. The Balaban J connectivity index is 0.00000180. The van der Waals surface area contributed by atoms with E-state index in [1.165, 1.54) is 16.7 Å². The average molecular weight is 344 g/mol. The van der Waals surface area contributed by atoms with Gasteiger partial charge in [-0.1, -0.05) is 0 Å². The van der Waals surface area contributed by atoms with Crippen LogP contribution in [0.5, 0.6) is 5.75 Å². The van der Waals surface area contributed by atoms with Crippen molar-refractivity contribution < 1.29 is 49.0 Å². The molecule has 0 aromatic heterocycles. The van der Waals surface area contributed by atoms with E-state index in [1.807, 2.05) is 12.1 Å². The monoisotopic (exact) mass is 343 g/mol. The largest absolute Gasteiger partial charge is 1.00 e.